The largest absolute Gasteiger partial charge is 0.375 e. The standard InChI is InChI=1S/C18H22N6O/c25-17(11-21-14-2-1-7-19-10-14)22-15-6-9-24(12-15)18-20-8-5-16(23-18)13-3-4-13/h1-2,5,7-8,10,13,15,21H,3-4,6,9,11-12H2,(H,22,25). The van der Waals surface area contributed by atoms with E-state index in [-0.39, 0.29) is 18.5 Å². The van der Waals surface area contributed by atoms with E-state index in [4.69, 9.17) is 0 Å². The molecular formula is C18H22N6O. The fourth-order valence-corrected chi connectivity index (χ4v) is 3.11. The van der Waals surface area contributed by atoms with E-state index in [1.54, 1.807) is 12.4 Å². The zero-order valence-electron chi connectivity index (χ0n) is 14.1. The molecule has 7 nitrogen and oxygen atoms in total. The van der Waals surface area contributed by atoms with Crippen LogP contribution in [0.5, 0.6) is 0 Å². The second-order valence-corrected chi connectivity index (χ2v) is 6.65. The molecule has 130 valence electrons. The molecule has 0 bridgehead atoms. The first-order valence-corrected chi connectivity index (χ1v) is 8.79. The van der Waals surface area contributed by atoms with Crippen molar-refractivity contribution in [2.75, 3.05) is 29.9 Å². The Balaban J connectivity index is 1.27. The van der Waals surface area contributed by atoms with Gasteiger partial charge in [-0.3, -0.25) is 9.78 Å². The number of aromatic nitrogens is 3. The molecule has 2 fully saturated rings. The summed E-state index contributed by atoms with van der Waals surface area (Å²) in [6.07, 6.45) is 8.64. The van der Waals surface area contributed by atoms with Gasteiger partial charge in [0, 0.05) is 49.3 Å². The van der Waals surface area contributed by atoms with Crippen molar-refractivity contribution in [2.24, 2.45) is 0 Å². The summed E-state index contributed by atoms with van der Waals surface area (Å²) in [4.78, 5) is 27.4. The predicted octanol–water partition coefficient (Wildman–Crippen LogP) is 1.56. The van der Waals surface area contributed by atoms with Gasteiger partial charge in [0.15, 0.2) is 0 Å². The lowest BCUT2D eigenvalue weighted by Crippen LogP contribution is -2.40. The van der Waals surface area contributed by atoms with Crippen molar-refractivity contribution < 1.29 is 4.79 Å². The SMILES string of the molecule is O=C(CNc1cccnc1)NC1CCN(c2nccc(C3CC3)n2)C1. The highest BCUT2D eigenvalue weighted by Crippen LogP contribution is 2.39. The second-order valence-electron chi connectivity index (χ2n) is 6.65. The molecule has 1 unspecified atom stereocenters. The van der Waals surface area contributed by atoms with Crippen LogP contribution in [-0.2, 0) is 4.79 Å². The fraction of sp³-hybridized carbons (Fsp3) is 0.444. The van der Waals surface area contributed by atoms with Crippen molar-refractivity contribution in [1.82, 2.24) is 20.3 Å². The van der Waals surface area contributed by atoms with Crippen molar-refractivity contribution >= 4 is 17.5 Å². The summed E-state index contributed by atoms with van der Waals surface area (Å²) in [6, 6.07) is 5.88. The van der Waals surface area contributed by atoms with E-state index in [1.165, 1.54) is 12.8 Å². The Morgan fingerprint density at radius 3 is 2.96 bits per heavy atom. The van der Waals surface area contributed by atoms with Gasteiger partial charge in [-0.25, -0.2) is 9.97 Å². The first kappa shape index (κ1) is 15.8. The van der Waals surface area contributed by atoms with Crippen LogP contribution in [0.25, 0.3) is 0 Å². The molecule has 0 radical (unpaired) electrons. The van der Waals surface area contributed by atoms with Gasteiger partial charge in [-0.2, -0.15) is 0 Å². The van der Waals surface area contributed by atoms with Gasteiger partial charge in [-0.05, 0) is 37.5 Å². The Morgan fingerprint density at radius 2 is 2.16 bits per heavy atom. The zero-order valence-corrected chi connectivity index (χ0v) is 14.1. The number of amides is 1. The lowest BCUT2D eigenvalue weighted by atomic mass is 10.2. The molecule has 1 aliphatic heterocycles. The molecule has 25 heavy (non-hydrogen) atoms. The average Bonchev–Trinajstić information content (AvgIpc) is 3.41. The van der Waals surface area contributed by atoms with Gasteiger partial charge >= 0.3 is 0 Å². The van der Waals surface area contributed by atoms with Gasteiger partial charge < -0.3 is 15.5 Å². The number of rotatable bonds is 6. The van der Waals surface area contributed by atoms with Gasteiger partial charge in [0.25, 0.3) is 0 Å². The van der Waals surface area contributed by atoms with E-state index in [0.717, 1.165) is 36.8 Å². The van der Waals surface area contributed by atoms with Crippen LogP contribution < -0.4 is 15.5 Å². The molecule has 1 atom stereocenters. The lowest BCUT2D eigenvalue weighted by molar-refractivity contribution is -0.119. The second kappa shape index (κ2) is 7.04. The first-order valence-electron chi connectivity index (χ1n) is 8.79. The summed E-state index contributed by atoms with van der Waals surface area (Å²) in [5.74, 6) is 1.40. The van der Waals surface area contributed by atoms with Crippen molar-refractivity contribution in [3.63, 3.8) is 0 Å². The molecule has 2 aromatic rings. The van der Waals surface area contributed by atoms with Gasteiger partial charge in [0.1, 0.15) is 0 Å². The molecule has 2 N–H and O–H groups in total. The third-order valence-electron chi connectivity index (χ3n) is 4.61. The molecule has 4 rings (SSSR count). The number of hydrogen-bond donors (Lipinski definition) is 2. The molecule has 3 heterocycles. The van der Waals surface area contributed by atoms with Crippen LogP contribution in [-0.4, -0.2) is 46.5 Å². The van der Waals surface area contributed by atoms with Crippen LogP contribution in [0.1, 0.15) is 30.9 Å². The van der Waals surface area contributed by atoms with Crippen LogP contribution in [0.3, 0.4) is 0 Å². The molecular weight excluding hydrogens is 316 g/mol. The molecule has 1 amide bonds. The summed E-state index contributed by atoms with van der Waals surface area (Å²) in [6.45, 7) is 1.87. The van der Waals surface area contributed by atoms with Crippen molar-refractivity contribution in [3.05, 3.63) is 42.5 Å². The Hall–Kier alpha value is -2.70. The predicted molar refractivity (Wildman–Crippen MR) is 95.5 cm³/mol. The Bertz CT molecular complexity index is 733. The third-order valence-corrected chi connectivity index (χ3v) is 4.61. The van der Waals surface area contributed by atoms with Gasteiger partial charge in [0.05, 0.1) is 12.2 Å². The number of pyridine rings is 1. The molecule has 1 saturated carbocycles. The number of anilines is 2. The summed E-state index contributed by atoms with van der Waals surface area (Å²) in [5, 5.41) is 6.15. The van der Waals surface area contributed by atoms with E-state index in [9.17, 15) is 4.79 Å². The Morgan fingerprint density at radius 1 is 1.24 bits per heavy atom. The average molecular weight is 338 g/mol. The summed E-state index contributed by atoms with van der Waals surface area (Å²) in [7, 11) is 0. The minimum atomic E-state index is -0.0108. The number of carbonyl (C=O) groups excluding carboxylic acids is 1. The monoisotopic (exact) mass is 338 g/mol. The zero-order chi connectivity index (χ0) is 17.1. The van der Waals surface area contributed by atoms with Crippen LogP contribution in [0.4, 0.5) is 11.6 Å². The third kappa shape index (κ3) is 4.04. The molecule has 1 aliphatic carbocycles. The maximum atomic E-state index is 12.1. The highest BCUT2D eigenvalue weighted by Gasteiger charge is 2.28. The molecule has 0 spiro atoms. The number of nitrogens with zero attached hydrogens (tertiary/aromatic N) is 4. The van der Waals surface area contributed by atoms with Gasteiger partial charge in [0.2, 0.25) is 11.9 Å². The van der Waals surface area contributed by atoms with Crippen LogP contribution in [0, 0.1) is 0 Å². The van der Waals surface area contributed by atoms with E-state index in [1.807, 2.05) is 24.4 Å². The number of carbonyl (C=O) groups is 1. The minimum Gasteiger partial charge on any atom is -0.375 e. The topological polar surface area (TPSA) is 83.0 Å². The number of hydrogen-bond acceptors (Lipinski definition) is 6. The van der Waals surface area contributed by atoms with E-state index in [0.29, 0.717) is 5.92 Å². The van der Waals surface area contributed by atoms with Crippen molar-refractivity contribution in [2.45, 2.75) is 31.2 Å². The summed E-state index contributed by atoms with van der Waals surface area (Å²) >= 11 is 0. The van der Waals surface area contributed by atoms with Crippen LogP contribution >= 0.6 is 0 Å². The van der Waals surface area contributed by atoms with Crippen LogP contribution in [0.2, 0.25) is 0 Å². The smallest absolute Gasteiger partial charge is 0.239 e. The van der Waals surface area contributed by atoms with Crippen LogP contribution in [0.15, 0.2) is 36.8 Å². The van der Waals surface area contributed by atoms with E-state index >= 15 is 0 Å². The molecule has 7 heteroatoms. The quantitative estimate of drug-likeness (QED) is 0.832. The Labute approximate surface area is 146 Å². The minimum absolute atomic E-state index is 0.0108. The van der Waals surface area contributed by atoms with Crippen molar-refractivity contribution in [1.29, 1.82) is 0 Å². The molecule has 1 saturated heterocycles. The van der Waals surface area contributed by atoms with Gasteiger partial charge in [-0.15, -0.1) is 0 Å². The highest BCUT2D eigenvalue weighted by atomic mass is 16.2. The molecule has 0 aromatic carbocycles. The molecule has 2 aromatic heterocycles. The molecule has 2 aliphatic rings. The maximum absolute atomic E-state index is 12.1. The highest BCUT2D eigenvalue weighted by molar-refractivity contribution is 5.81. The van der Waals surface area contributed by atoms with E-state index in [2.05, 4.69) is 30.5 Å². The van der Waals surface area contributed by atoms with E-state index < -0.39 is 0 Å². The summed E-state index contributed by atoms with van der Waals surface area (Å²) in [5.41, 5.74) is 1.99. The lowest BCUT2D eigenvalue weighted by Gasteiger charge is -2.17. The van der Waals surface area contributed by atoms with Crippen molar-refractivity contribution in [3.8, 4) is 0 Å². The maximum Gasteiger partial charge on any atom is 0.239 e. The number of nitrogens with one attached hydrogen (secondary N) is 2. The fourth-order valence-electron chi connectivity index (χ4n) is 3.11. The Kier molecular flexibility index (Phi) is 4.45. The first-order chi connectivity index (χ1) is 12.3. The summed E-state index contributed by atoms with van der Waals surface area (Å²) < 4.78 is 0. The normalized spacial score (nSPS) is 19.7. The van der Waals surface area contributed by atoms with Gasteiger partial charge in [-0.1, -0.05) is 0 Å².